The van der Waals surface area contributed by atoms with Crippen LogP contribution in [0.3, 0.4) is 0 Å². The molecule has 2 aliphatic rings. The van der Waals surface area contributed by atoms with E-state index in [4.69, 9.17) is 5.26 Å². The van der Waals surface area contributed by atoms with Crippen molar-refractivity contribution >= 4 is 5.69 Å². The molecule has 0 spiro atoms. The highest BCUT2D eigenvalue weighted by Gasteiger charge is 2.34. The Bertz CT molecular complexity index is 435. The Morgan fingerprint density at radius 3 is 3.12 bits per heavy atom. The van der Waals surface area contributed by atoms with Gasteiger partial charge in [0.2, 0.25) is 0 Å². The lowest BCUT2D eigenvalue weighted by atomic mass is 9.94. The van der Waals surface area contributed by atoms with E-state index in [0.29, 0.717) is 6.04 Å². The van der Waals surface area contributed by atoms with Gasteiger partial charge in [0.05, 0.1) is 11.6 Å². The fraction of sp³-hybridized carbons (Fsp3) is 0.500. The zero-order valence-corrected chi connectivity index (χ0v) is 9.89. The molecular formula is C14H17N3. The van der Waals surface area contributed by atoms with Crippen LogP contribution in [-0.4, -0.2) is 25.7 Å². The van der Waals surface area contributed by atoms with E-state index in [2.05, 4.69) is 22.4 Å². The van der Waals surface area contributed by atoms with E-state index < -0.39 is 0 Å². The second-order valence-corrected chi connectivity index (χ2v) is 5.03. The number of nitriles is 1. The van der Waals surface area contributed by atoms with Gasteiger partial charge in [0, 0.05) is 24.8 Å². The molecule has 1 N–H and O–H groups in total. The highest BCUT2D eigenvalue weighted by molar-refractivity contribution is 5.52. The van der Waals surface area contributed by atoms with Gasteiger partial charge < -0.3 is 10.2 Å². The van der Waals surface area contributed by atoms with Crippen LogP contribution in [-0.2, 0) is 0 Å². The molecule has 2 fully saturated rings. The van der Waals surface area contributed by atoms with Crippen molar-refractivity contribution < 1.29 is 0 Å². The topological polar surface area (TPSA) is 39.1 Å². The average molecular weight is 227 g/mol. The number of nitrogens with zero attached hydrogens (tertiary/aromatic N) is 2. The van der Waals surface area contributed by atoms with Crippen molar-refractivity contribution in [3.8, 4) is 6.07 Å². The van der Waals surface area contributed by atoms with Crippen LogP contribution in [0.1, 0.15) is 18.4 Å². The van der Waals surface area contributed by atoms with Crippen LogP contribution in [0, 0.1) is 17.2 Å². The quantitative estimate of drug-likeness (QED) is 0.794. The minimum atomic E-state index is 0.648. The summed E-state index contributed by atoms with van der Waals surface area (Å²) in [4.78, 5) is 2.41. The van der Waals surface area contributed by atoms with Crippen LogP contribution in [0.5, 0.6) is 0 Å². The molecular weight excluding hydrogens is 210 g/mol. The largest absolute Gasteiger partial charge is 0.370 e. The van der Waals surface area contributed by atoms with Gasteiger partial charge >= 0.3 is 0 Å². The SMILES string of the molecule is N#Cc1cccc(N2CC3CCCNC3C2)c1. The van der Waals surface area contributed by atoms with Crippen molar-refractivity contribution in [3.05, 3.63) is 29.8 Å². The Morgan fingerprint density at radius 1 is 1.35 bits per heavy atom. The van der Waals surface area contributed by atoms with Gasteiger partial charge in [0.15, 0.2) is 0 Å². The van der Waals surface area contributed by atoms with Gasteiger partial charge in [-0.25, -0.2) is 0 Å². The third-order valence-corrected chi connectivity index (χ3v) is 3.94. The third kappa shape index (κ3) is 2.01. The molecule has 3 heteroatoms. The van der Waals surface area contributed by atoms with E-state index >= 15 is 0 Å². The highest BCUT2D eigenvalue weighted by atomic mass is 15.2. The molecule has 2 saturated heterocycles. The number of rotatable bonds is 1. The molecule has 88 valence electrons. The summed E-state index contributed by atoms with van der Waals surface area (Å²) < 4.78 is 0. The van der Waals surface area contributed by atoms with Gasteiger partial charge in [0.1, 0.15) is 0 Å². The summed E-state index contributed by atoms with van der Waals surface area (Å²) in [5.74, 6) is 0.787. The fourth-order valence-corrected chi connectivity index (χ4v) is 3.03. The second-order valence-electron chi connectivity index (χ2n) is 5.03. The van der Waals surface area contributed by atoms with Gasteiger partial charge in [-0.2, -0.15) is 5.26 Å². The van der Waals surface area contributed by atoms with E-state index in [-0.39, 0.29) is 0 Å². The van der Waals surface area contributed by atoms with E-state index in [1.54, 1.807) is 0 Å². The van der Waals surface area contributed by atoms with Crippen molar-refractivity contribution in [2.45, 2.75) is 18.9 Å². The number of hydrogen-bond acceptors (Lipinski definition) is 3. The first-order valence-electron chi connectivity index (χ1n) is 6.35. The Hall–Kier alpha value is -1.53. The maximum Gasteiger partial charge on any atom is 0.0992 e. The monoisotopic (exact) mass is 227 g/mol. The Labute approximate surface area is 102 Å². The molecule has 3 nitrogen and oxygen atoms in total. The molecule has 2 atom stereocenters. The molecule has 17 heavy (non-hydrogen) atoms. The molecule has 2 heterocycles. The van der Waals surface area contributed by atoms with Crippen LogP contribution in [0.4, 0.5) is 5.69 Å². The van der Waals surface area contributed by atoms with Crippen molar-refractivity contribution in [1.82, 2.24) is 5.32 Å². The van der Waals surface area contributed by atoms with Crippen LogP contribution in [0.2, 0.25) is 0 Å². The van der Waals surface area contributed by atoms with Gasteiger partial charge in [-0.05, 0) is 43.5 Å². The van der Waals surface area contributed by atoms with E-state index in [1.165, 1.54) is 18.5 Å². The number of piperidine rings is 1. The third-order valence-electron chi connectivity index (χ3n) is 3.94. The summed E-state index contributed by atoms with van der Waals surface area (Å²) in [7, 11) is 0. The predicted octanol–water partition coefficient (Wildman–Crippen LogP) is 1.75. The van der Waals surface area contributed by atoms with Crippen molar-refractivity contribution in [2.24, 2.45) is 5.92 Å². The molecule has 0 amide bonds. The van der Waals surface area contributed by atoms with E-state index in [1.807, 2.05) is 18.2 Å². The average Bonchev–Trinajstić information content (AvgIpc) is 2.82. The van der Waals surface area contributed by atoms with Crippen LogP contribution < -0.4 is 10.2 Å². The molecule has 2 aliphatic heterocycles. The van der Waals surface area contributed by atoms with Crippen molar-refractivity contribution in [3.63, 3.8) is 0 Å². The number of nitrogens with one attached hydrogen (secondary N) is 1. The molecule has 0 aromatic heterocycles. The number of benzene rings is 1. The van der Waals surface area contributed by atoms with E-state index in [9.17, 15) is 0 Å². The van der Waals surface area contributed by atoms with Crippen LogP contribution in [0.25, 0.3) is 0 Å². The number of hydrogen-bond donors (Lipinski definition) is 1. The first-order valence-corrected chi connectivity index (χ1v) is 6.35. The summed E-state index contributed by atoms with van der Waals surface area (Å²) in [5.41, 5.74) is 1.95. The van der Waals surface area contributed by atoms with Gasteiger partial charge in [-0.3, -0.25) is 0 Å². The summed E-state index contributed by atoms with van der Waals surface area (Å²) >= 11 is 0. The molecule has 0 bridgehead atoms. The smallest absolute Gasteiger partial charge is 0.0992 e. The standard InChI is InChI=1S/C14H17N3/c15-8-11-3-1-5-13(7-11)17-9-12-4-2-6-16-14(12)10-17/h1,3,5,7,12,14,16H,2,4,6,9-10H2. The number of fused-ring (bicyclic) bond motifs is 1. The minimum Gasteiger partial charge on any atom is -0.370 e. The normalized spacial score (nSPS) is 27.6. The zero-order chi connectivity index (χ0) is 11.7. The van der Waals surface area contributed by atoms with Crippen LogP contribution >= 0.6 is 0 Å². The maximum atomic E-state index is 8.93. The maximum absolute atomic E-state index is 8.93. The highest BCUT2D eigenvalue weighted by Crippen LogP contribution is 2.29. The lowest BCUT2D eigenvalue weighted by Crippen LogP contribution is -2.40. The molecule has 3 rings (SSSR count). The Kier molecular flexibility index (Phi) is 2.74. The molecule has 0 aliphatic carbocycles. The second kappa shape index (κ2) is 4.38. The summed E-state index contributed by atoms with van der Waals surface area (Å²) in [5, 5.41) is 12.5. The summed E-state index contributed by atoms with van der Waals surface area (Å²) in [6.45, 7) is 3.37. The number of anilines is 1. The van der Waals surface area contributed by atoms with Crippen molar-refractivity contribution in [1.29, 1.82) is 5.26 Å². The predicted molar refractivity (Wildman–Crippen MR) is 67.9 cm³/mol. The fourth-order valence-electron chi connectivity index (χ4n) is 3.03. The van der Waals surface area contributed by atoms with Gasteiger partial charge in [0.25, 0.3) is 0 Å². The summed E-state index contributed by atoms with van der Waals surface area (Å²) in [6.07, 6.45) is 2.64. The molecule has 0 saturated carbocycles. The van der Waals surface area contributed by atoms with Crippen LogP contribution in [0.15, 0.2) is 24.3 Å². The summed E-state index contributed by atoms with van der Waals surface area (Å²) in [6, 6.07) is 10.8. The first kappa shape index (κ1) is 10.6. The first-order chi connectivity index (χ1) is 8.36. The lowest BCUT2D eigenvalue weighted by Gasteiger charge is -2.24. The van der Waals surface area contributed by atoms with Gasteiger partial charge in [-0.1, -0.05) is 6.07 Å². The van der Waals surface area contributed by atoms with E-state index in [0.717, 1.165) is 31.1 Å². The lowest BCUT2D eigenvalue weighted by molar-refractivity contribution is 0.340. The molecule has 1 aromatic carbocycles. The Balaban J connectivity index is 1.79. The molecule has 2 unspecified atom stereocenters. The van der Waals surface area contributed by atoms with Gasteiger partial charge in [-0.15, -0.1) is 0 Å². The molecule has 0 radical (unpaired) electrons. The zero-order valence-electron chi connectivity index (χ0n) is 9.89. The Morgan fingerprint density at radius 2 is 2.29 bits per heavy atom. The molecule has 1 aromatic rings. The minimum absolute atomic E-state index is 0.648. The van der Waals surface area contributed by atoms with Crippen molar-refractivity contribution in [2.75, 3.05) is 24.5 Å².